The van der Waals surface area contributed by atoms with Crippen LogP contribution in [0, 0.1) is 16.0 Å². The third-order valence-electron chi connectivity index (χ3n) is 3.93. The Hall–Kier alpha value is -3.17. The Morgan fingerprint density at radius 2 is 1.93 bits per heavy atom. The van der Waals surface area contributed by atoms with E-state index in [1.54, 1.807) is 6.92 Å². The van der Waals surface area contributed by atoms with E-state index in [2.05, 4.69) is 10.1 Å². The van der Waals surface area contributed by atoms with Crippen molar-refractivity contribution in [2.24, 2.45) is 5.92 Å². The van der Waals surface area contributed by atoms with E-state index in [1.165, 1.54) is 26.4 Å². The molecule has 1 aromatic rings. The van der Waals surface area contributed by atoms with Gasteiger partial charge in [0.15, 0.2) is 6.61 Å². The van der Waals surface area contributed by atoms with Crippen molar-refractivity contribution < 1.29 is 33.5 Å². The maximum Gasteiger partial charge on any atom is 0.342 e. The average Bonchev–Trinajstić information content (AvgIpc) is 2.68. The monoisotopic (exact) mass is 382 g/mol. The Balaban J connectivity index is 2.81. The predicted octanol–water partition coefficient (Wildman–Crippen LogP) is 1.46. The number of nitro groups is 1. The van der Waals surface area contributed by atoms with Crippen molar-refractivity contribution in [1.82, 2.24) is 5.32 Å². The van der Waals surface area contributed by atoms with Crippen LogP contribution in [0.4, 0.5) is 5.69 Å². The number of methoxy groups -OCH3 is 2. The highest BCUT2D eigenvalue weighted by molar-refractivity contribution is 5.95. The molecule has 0 radical (unpaired) electrons. The number of hydrogen-bond acceptors (Lipinski definition) is 8. The second-order valence-corrected chi connectivity index (χ2v) is 5.67. The molecule has 1 N–H and O–H groups in total. The number of hydrogen-bond donors (Lipinski definition) is 1. The number of amides is 1. The van der Waals surface area contributed by atoms with Gasteiger partial charge in [0.2, 0.25) is 0 Å². The summed E-state index contributed by atoms with van der Waals surface area (Å²) in [5.74, 6) is -2.40. The Bertz CT molecular complexity index is 719. The summed E-state index contributed by atoms with van der Waals surface area (Å²) in [7, 11) is 2.50. The van der Waals surface area contributed by atoms with E-state index >= 15 is 0 Å². The molecule has 10 heteroatoms. The molecule has 0 aliphatic carbocycles. The highest BCUT2D eigenvalue weighted by Gasteiger charge is 2.27. The van der Waals surface area contributed by atoms with Crippen LogP contribution in [-0.4, -0.2) is 49.6 Å². The average molecular weight is 382 g/mol. The van der Waals surface area contributed by atoms with Crippen molar-refractivity contribution in [3.05, 3.63) is 33.9 Å². The van der Waals surface area contributed by atoms with Gasteiger partial charge in [0.05, 0.1) is 19.1 Å². The molecule has 0 unspecified atom stereocenters. The zero-order valence-corrected chi connectivity index (χ0v) is 15.5. The molecule has 1 amide bonds. The molecular weight excluding hydrogens is 360 g/mol. The quantitative estimate of drug-likeness (QED) is 0.385. The second kappa shape index (κ2) is 10.1. The lowest BCUT2D eigenvalue weighted by Crippen LogP contribution is -2.47. The number of carbonyl (C=O) groups is 3. The molecule has 0 saturated heterocycles. The van der Waals surface area contributed by atoms with Crippen molar-refractivity contribution in [1.29, 1.82) is 0 Å². The zero-order chi connectivity index (χ0) is 20.6. The van der Waals surface area contributed by atoms with Crippen LogP contribution >= 0.6 is 0 Å². The SMILES string of the molecule is CC[C@@H](C)[C@H](NC(=O)COC(=O)c1cc([N+](=O)[O-])ccc1OC)C(=O)OC. The number of carbonyl (C=O) groups excluding carboxylic acids is 3. The zero-order valence-electron chi connectivity index (χ0n) is 15.5. The van der Waals surface area contributed by atoms with Gasteiger partial charge in [0.1, 0.15) is 17.4 Å². The minimum absolute atomic E-state index is 0.0676. The lowest BCUT2D eigenvalue weighted by molar-refractivity contribution is -0.384. The molecule has 0 aliphatic rings. The Kier molecular flexibility index (Phi) is 8.18. The third kappa shape index (κ3) is 5.94. The number of nitrogens with zero attached hydrogens (tertiary/aromatic N) is 1. The molecule has 148 valence electrons. The summed E-state index contributed by atoms with van der Waals surface area (Å²) in [4.78, 5) is 46.1. The maximum atomic E-state index is 12.2. The third-order valence-corrected chi connectivity index (χ3v) is 3.93. The second-order valence-electron chi connectivity index (χ2n) is 5.67. The van der Waals surface area contributed by atoms with Crippen LogP contribution in [0.15, 0.2) is 18.2 Å². The van der Waals surface area contributed by atoms with Gasteiger partial charge in [-0.2, -0.15) is 0 Å². The van der Waals surface area contributed by atoms with Crippen LogP contribution in [0.1, 0.15) is 30.6 Å². The minimum Gasteiger partial charge on any atom is -0.496 e. The minimum atomic E-state index is -0.969. The summed E-state index contributed by atoms with van der Waals surface area (Å²) in [5.41, 5.74) is -0.513. The number of benzene rings is 1. The predicted molar refractivity (Wildman–Crippen MR) is 93.3 cm³/mol. The first-order valence-corrected chi connectivity index (χ1v) is 8.11. The standard InChI is InChI=1S/C17H22N2O8/c1-5-10(2)15(17(22)26-4)18-14(20)9-27-16(21)12-8-11(19(23)24)6-7-13(12)25-3/h6-8,10,15H,5,9H2,1-4H3,(H,18,20)/t10-,15+/m1/s1. The van der Waals surface area contributed by atoms with Crippen LogP contribution in [0.25, 0.3) is 0 Å². The molecule has 2 atom stereocenters. The lowest BCUT2D eigenvalue weighted by Gasteiger charge is -2.21. The maximum absolute atomic E-state index is 12.2. The topological polar surface area (TPSA) is 134 Å². The fraction of sp³-hybridized carbons (Fsp3) is 0.471. The first kappa shape index (κ1) is 21.9. The molecule has 0 aromatic heterocycles. The van der Waals surface area contributed by atoms with Gasteiger partial charge < -0.3 is 19.5 Å². The lowest BCUT2D eigenvalue weighted by atomic mass is 9.99. The molecule has 0 spiro atoms. The van der Waals surface area contributed by atoms with Crippen molar-refractivity contribution in [2.75, 3.05) is 20.8 Å². The van der Waals surface area contributed by atoms with Crippen LogP contribution in [0.3, 0.4) is 0 Å². The molecule has 1 rings (SSSR count). The van der Waals surface area contributed by atoms with E-state index in [1.807, 2.05) is 6.92 Å². The van der Waals surface area contributed by atoms with Gasteiger partial charge in [0, 0.05) is 12.1 Å². The first-order valence-electron chi connectivity index (χ1n) is 8.11. The molecule has 0 bridgehead atoms. The number of non-ortho nitro benzene ring substituents is 1. The van der Waals surface area contributed by atoms with Gasteiger partial charge in [-0.3, -0.25) is 14.9 Å². The van der Waals surface area contributed by atoms with Crippen molar-refractivity contribution in [3.8, 4) is 5.75 Å². The summed E-state index contributed by atoms with van der Waals surface area (Å²) in [6, 6.07) is 2.55. The molecule has 0 fully saturated rings. The molecule has 27 heavy (non-hydrogen) atoms. The van der Waals surface area contributed by atoms with Gasteiger partial charge in [-0.25, -0.2) is 9.59 Å². The normalized spacial score (nSPS) is 12.4. The number of rotatable bonds is 9. The van der Waals surface area contributed by atoms with Crippen LogP contribution in [-0.2, 0) is 19.1 Å². The van der Waals surface area contributed by atoms with Gasteiger partial charge in [-0.15, -0.1) is 0 Å². The van der Waals surface area contributed by atoms with Gasteiger partial charge in [-0.1, -0.05) is 20.3 Å². The molecular formula is C17H22N2O8. The Morgan fingerprint density at radius 1 is 1.26 bits per heavy atom. The highest BCUT2D eigenvalue weighted by atomic mass is 16.6. The number of nitro benzene ring substituents is 1. The fourth-order valence-corrected chi connectivity index (χ4v) is 2.19. The molecule has 0 aliphatic heterocycles. The van der Waals surface area contributed by atoms with E-state index in [-0.39, 0.29) is 22.9 Å². The Morgan fingerprint density at radius 3 is 2.44 bits per heavy atom. The van der Waals surface area contributed by atoms with Crippen molar-refractivity contribution in [3.63, 3.8) is 0 Å². The van der Waals surface area contributed by atoms with E-state index in [9.17, 15) is 24.5 Å². The smallest absolute Gasteiger partial charge is 0.342 e. The summed E-state index contributed by atoms with van der Waals surface area (Å²) in [6.07, 6.45) is 0.616. The summed E-state index contributed by atoms with van der Waals surface area (Å²) >= 11 is 0. The largest absolute Gasteiger partial charge is 0.496 e. The van der Waals surface area contributed by atoms with Gasteiger partial charge in [-0.05, 0) is 12.0 Å². The number of nitrogens with one attached hydrogen (secondary N) is 1. The Labute approximate surface area is 155 Å². The van der Waals surface area contributed by atoms with E-state index in [4.69, 9.17) is 9.47 Å². The van der Waals surface area contributed by atoms with Crippen LogP contribution in [0.5, 0.6) is 5.75 Å². The first-order chi connectivity index (χ1) is 12.7. The number of ether oxygens (including phenoxy) is 3. The van der Waals surface area contributed by atoms with Gasteiger partial charge in [0.25, 0.3) is 11.6 Å². The van der Waals surface area contributed by atoms with Crippen LogP contribution < -0.4 is 10.1 Å². The highest BCUT2D eigenvalue weighted by Crippen LogP contribution is 2.24. The molecule has 1 aromatic carbocycles. The summed E-state index contributed by atoms with van der Waals surface area (Å²) in [5, 5.41) is 13.3. The van der Waals surface area contributed by atoms with Crippen LogP contribution in [0.2, 0.25) is 0 Å². The molecule has 0 heterocycles. The van der Waals surface area contributed by atoms with E-state index < -0.39 is 35.4 Å². The van der Waals surface area contributed by atoms with E-state index in [0.29, 0.717) is 6.42 Å². The van der Waals surface area contributed by atoms with E-state index in [0.717, 1.165) is 6.07 Å². The van der Waals surface area contributed by atoms with Gasteiger partial charge >= 0.3 is 11.9 Å². The van der Waals surface area contributed by atoms with Crippen molar-refractivity contribution >= 4 is 23.5 Å². The summed E-state index contributed by atoms with van der Waals surface area (Å²) < 4.78 is 14.5. The number of esters is 2. The molecule has 0 saturated carbocycles. The van der Waals surface area contributed by atoms with Crippen molar-refractivity contribution in [2.45, 2.75) is 26.3 Å². The summed E-state index contributed by atoms with van der Waals surface area (Å²) in [6.45, 7) is 2.94. The fourth-order valence-electron chi connectivity index (χ4n) is 2.19. The molecule has 10 nitrogen and oxygen atoms in total.